The molecule has 2 aromatic carbocycles. The first-order chi connectivity index (χ1) is 15.4. The van der Waals surface area contributed by atoms with Gasteiger partial charge in [0.25, 0.3) is 0 Å². The third-order valence-electron chi connectivity index (χ3n) is 5.23. The Balaban J connectivity index is 1.50. The Hall–Kier alpha value is -3.26. The lowest BCUT2D eigenvalue weighted by molar-refractivity contribution is -0.167. The topological polar surface area (TPSA) is 100 Å². The molecule has 3 atom stereocenters. The number of likely N-dealkylation sites (N-methyl/N-ethyl adjacent to an activating group) is 1. The molecule has 172 valence electrons. The van der Waals surface area contributed by atoms with Gasteiger partial charge in [-0.3, -0.25) is 4.79 Å². The average molecular weight is 443 g/mol. The molecular formula is C24H30N2O6. The summed E-state index contributed by atoms with van der Waals surface area (Å²) >= 11 is 0. The Morgan fingerprint density at radius 3 is 2.44 bits per heavy atom. The molecule has 0 saturated carbocycles. The number of amides is 1. The number of rotatable bonds is 9. The number of nitrogens with two attached hydrogens (primary N) is 1. The highest BCUT2D eigenvalue weighted by molar-refractivity contribution is 5.76. The van der Waals surface area contributed by atoms with Crippen molar-refractivity contribution in [2.75, 3.05) is 13.3 Å². The summed E-state index contributed by atoms with van der Waals surface area (Å²) in [6, 6.07) is 14.2. The lowest BCUT2D eigenvalue weighted by Crippen LogP contribution is -2.43. The van der Waals surface area contributed by atoms with Gasteiger partial charge in [-0.2, -0.15) is 0 Å². The largest absolute Gasteiger partial charge is 0.454 e. The molecule has 0 radical (unpaired) electrons. The third-order valence-corrected chi connectivity index (χ3v) is 5.23. The van der Waals surface area contributed by atoms with Gasteiger partial charge in [-0.15, -0.1) is 0 Å². The lowest BCUT2D eigenvalue weighted by atomic mass is 10.1. The number of benzene rings is 2. The van der Waals surface area contributed by atoms with E-state index in [1.54, 1.807) is 4.90 Å². The van der Waals surface area contributed by atoms with Crippen LogP contribution in [-0.2, 0) is 27.1 Å². The minimum Gasteiger partial charge on any atom is -0.454 e. The molecule has 0 fully saturated rings. The van der Waals surface area contributed by atoms with Crippen molar-refractivity contribution in [1.29, 1.82) is 0 Å². The van der Waals surface area contributed by atoms with Gasteiger partial charge in [0.15, 0.2) is 11.5 Å². The molecule has 1 amide bonds. The third kappa shape index (κ3) is 6.13. The van der Waals surface area contributed by atoms with Crippen LogP contribution in [0.25, 0.3) is 0 Å². The Labute approximate surface area is 188 Å². The lowest BCUT2D eigenvalue weighted by Gasteiger charge is -2.29. The number of fused-ring (bicyclic) bond motifs is 1. The molecular weight excluding hydrogens is 412 g/mol. The minimum absolute atomic E-state index is 0.142. The van der Waals surface area contributed by atoms with Gasteiger partial charge in [0.1, 0.15) is 6.04 Å². The Bertz CT molecular complexity index is 920. The first-order valence-electron chi connectivity index (χ1n) is 10.7. The molecule has 0 spiro atoms. The fourth-order valence-electron chi connectivity index (χ4n) is 3.58. The number of carbonyl (C=O) groups excluding carboxylic acids is 2. The number of carbonyl (C=O) groups is 2. The number of esters is 1. The van der Waals surface area contributed by atoms with Crippen molar-refractivity contribution in [2.45, 2.75) is 52.0 Å². The molecule has 2 N–H and O–H groups in total. The van der Waals surface area contributed by atoms with Crippen molar-refractivity contribution in [3.63, 3.8) is 0 Å². The Morgan fingerprint density at radius 1 is 1.00 bits per heavy atom. The summed E-state index contributed by atoms with van der Waals surface area (Å²) in [5.41, 5.74) is 7.88. The monoisotopic (exact) mass is 442 g/mol. The molecule has 3 unspecified atom stereocenters. The van der Waals surface area contributed by atoms with E-state index in [2.05, 4.69) is 0 Å². The molecule has 1 heterocycles. The number of ether oxygens (including phenoxy) is 4. The molecule has 8 nitrogen and oxygen atoms in total. The summed E-state index contributed by atoms with van der Waals surface area (Å²) < 4.78 is 21.3. The van der Waals surface area contributed by atoms with Crippen LogP contribution >= 0.6 is 0 Å². The molecule has 3 rings (SSSR count). The van der Waals surface area contributed by atoms with Crippen LogP contribution in [0.1, 0.15) is 31.9 Å². The molecule has 1 aliphatic rings. The summed E-state index contributed by atoms with van der Waals surface area (Å²) in [5, 5.41) is 0. The van der Waals surface area contributed by atoms with Crippen molar-refractivity contribution in [2.24, 2.45) is 5.73 Å². The summed E-state index contributed by atoms with van der Waals surface area (Å²) in [7, 11) is 0. The zero-order chi connectivity index (χ0) is 23.1. The molecule has 0 aliphatic carbocycles. The highest BCUT2D eigenvalue weighted by Gasteiger charge is 2.25. The van der Waals surface area contributed by atoms with Gasteiger partial charge in [-0.1, -0.05) is 36.4 Å². The highest BCUT2D eigenvalue weighted by Crippen LogP contribution is 2.33. The molecule has 0 aromatic heterocycles. The van der Waals surface area contributed by atoms with E-state index in [1.165, 1.54) is 6.92 Å². The summed E-state index contributed by atoms with van der Waals surface area (Å²) in [5.74, 6) is 0.799. The van der Waals surface area contributed by atoms with E-state index in [4.69, 9.17) is 24.7 Å². The van der Waals surface area contributed by atoms with Gasteiger partial charge in [0, 0.05) is 19.5 Å². The predicted octanol–water partition coefficient (Wildman–Crippen LogP) is 3.26. The van der Waals surface area contributed by atoms with Gasteiger partial charge in [0.05, 0.1) is 0 Å². The Kier molecular flexibility index (Phi) is 7.94. The van der Waals surface area contributed by atoms with Crippen molar-refractivity contribution < 1.29 is 28.5 Å². The van der Waals surface area contributed by atoms with Crippen molar-refractivity contribution >= 4 is 12.1 Å². The van der Waals surface area contributed by atoms with Crippen molar-refractivity contribution in [3.8, 4) is 11.5 Å². The minimum atomic E-state index is -1.05. The van der Waals surface area contributed by atoms with Crippen LogP contribution in [0.15, 0.2) is 48.5 Å². The fourth-order valence-corrected chi connectivity index (χ4v) is 3.58. The first-order valence-corrected chi connectivity index (χ1v) is 10.7. The summed E-state index contributed by atoms with van der Waals surface area (Å²) in [6.07, 6.45) is -0.662. The van der Waals surface area contributed by atoms with Gasteiger partial charge < -0.3 is 29.6 Å². The van der Waals surface area contributed by atoms with Crippen molar-refractivity contribution in [3.05, 3.63) is 59.7 Å². The zero-order valence-electron chi connectivity index (χ0n) is 18.7. The fraction of sp³-hybridized carbons (Fsp3) is 0.417. The standard InChI is InChI=1S/C24H30N2O6/c1-4-26(16(2)12-19-10-11-21-22(14-19)30-15-29-21)24(28)32-17(3)31-23(27)20(25)13-18-8-6-5-7-9-18/h5-11,14,16-17,20H,4,12-13,15,25H2,1-3H3. The van der Waals surface area contributed by atoms with E-state index in [1.807, 2.05) is 62.4 Å². The smallest absolute Gasteiger partial charge is 0.413 e. The van der Waals surface area contributed by atoms with Gasteiger partial charge >= 0.3 is 12.1 Å². The SMILES string of the molecule is CCN(C(=O)OC(C)OC(=O)C(N)Cc1ccccc1)C(C)Cc1ccc2c(c1)OCO2. The van der Waals surface area contributed by atoms with Crippen LogP contribution in [-0.4, -0.2) is 48.7 Å². The van der Waals surface area contributed by atoms with Crippen LogP contribution in [0.4, 0.5) is 4.79 Å². The summed E-state index contributed by atoms with van der Waals surface area (Å²) in [6.45, 7) is 5.96. The van der Waals surface area contributed by atoms with E-state index >= 15 is 0 Å². The van der Waals surface area contributed by atoms with Crippen LogP contribution in [0.2, 0.25) is 0 Å². The van der Waals surface area contributed by atoms with E-state index in [-0.39, 0.29) is 12.8 Å². The maximum absolute atomic E-state index is 12.7. The van der Waals surface area contributed by atoms with Crippen LogP contribution < -0.4 is 15.2 Å². The number of hydrogen-bond acceptors (Lipinski definition) is 7. The van der Waals surface area contributed by atoms with Gasteiger partial charge in [-0.05, 0) is 49.9 Å². The molecule has 2 aromatic rings. The summed E-state index contributed by atoms with van der Waals surface area (Å²) in [4.78, 5) is 26.5. The van der Waals surface area contributed by atoms with E-state index in [0.717, 1.165) is 11.1 Å². The van der Waals surface area contributed by atoms with E-state index in [0.29, 0.717) is 30.9 Å². The van der Waals surface area contributed by atoms with Gasteiger partial charge in [-0.25, -0.2) is 4.79 Å². The highest BCUT2D eigenvalue weighted by atomic mass is 16.7. The van der Waals surface area contributed by atoms with Crippen LogP contribution in [0, 0.1) is 0 Å². The average Bonchev–Trinajstić information content (AvgIpc) is 3.22. The maximum Gasteiger partial charge on any atom is 0.413 e. The van der Waals surface area contributed by atoms with Gasteiger partial charge in [0.2, 0.25) is 13.1 Å². The number of hydrogen-bond donors (Lipinski definition) is 1. The predicted molar refractivity (Wildman–Crippen MR) is 118 cm³/mol. The second-order valence-corrected chi connectivity index (χ2v) is 7.71. The van der Waals surface area contributed by atoms with E-state index in [9.17, 15) is 9.59 Å². The Morgan fingerprint density at radius 2 is 1.72 bits per heavy atom. The molecule has 32 heavy (non-hydrogen) atoms. The van der Waals surface area contributed by atoms with Crippen LogP contribution in [0.3, 0.4) is 0 Å². The second-order valence-electron chi connectivity index (χ2n) is 7.71. The zero-order valence-corrected chi connectivity index (χ0v) is 18.7. The quantitative estimate of drug-likeness (QED) is 0.470. The molecule has 0 bridgehead atoms. The second kappa shape index (κ2) is 10.9. The first kappa shape index (κ1) is 23.4. The molecule has 0 saturated heterocycles. The maximum atomic E-state index is 12.7. The normalized spacial score (nSPS) is 14.9. The van der Waals surface area contributed by atoms with Crippen LogP contribution in [0.5, 0.6) is 11.5 Å². The van der Waals surface area contributed by atoms with Crippen molar-refractivity contribution in [1.82, 2.24) is 4.90 Å². The number of nitrogens with zero attached hydrogens (tertiary/aromatic N) is 1. The molecule has 8 heteroatoms. The van der Waals surface area contributed by atoms with E-state index < -0.39 is 24.4 Å². The molecule has 1 aliphatic heterocycles.